The molecule has 3 heterocycles. The molecule has 1 amide bonds. The van der Waals surface area contributed by atoms with Crippen molar-refractivity contribution in [2.24, 2.45) is 7.05 Å². The third-order valence-electron chi connectivity index (χ3n) is 4.98. The average molecular weight is 455 g/mol. The van der Waals surface area contributed by atoms with E-state index < -0.39 is 0 Å². The van der Waals surface area contributed by atoms with E-state index in [-0.39, 0.29) is 11.7 Å². The second-order valence-electron chi connectivity index (χ2n) is 7.33. The minimum Gasteiger partial charge on any atom is -0.438 e. The quantitative estimate of drug-likeness (QED) is 0.411. The van der Waals surface area contributed by atoms with E-state index in [9.17, 15) is 9.18 Å². The summed E-state index contributed by atoms with van der Waals surface area (Å²) in [6.45, 7) is 0. The molecule has 9 nitrogen and oxygen atoms in total. The Bertz CT molecular complexity index is 1410. The van der Waals surface area contributed by atoms with Gasteiger partial charge >= 0.3 is 0 Å². The van der Waals surface area contributed by atoms with E-state index in [0.29, 0.717) is 34.5 Å². The number of carbonyl (C=O) groups is 1. The molecule has 5 rings (SSSR count). The van der Waals surface area contributed by atoms with Crippen LogP contribution in [0.4, 0.5) is 10.1 Å². The van der Waals surface area contributed by atoms with E-state index in [0.717, 1.165) is 5.56 Å². The van der Waals surface area contributed by atoms with E-state index in [1.54, 1.807) is 84.9 Å². The van der Waals surface area contributed by atoms with Crippen LogP contribution in [0.5, 0.6) is 11.6 Å². The van der Waals surface area contributed by atoms with Crippen molar-refractivity contribution in [3.63, 3.8) is 0 Å². The van der Waals surface area contributed by atoms with Crippen LogP contribution in [0.25, 0.3) is 17.1 Å². The highest BCUT2D eigenvalue weighted by Crippen LogP contribution is 2.23. The molecule has 10 heteroatoms. The van der Waals surface area contributed by atoms with E-state index >= 15 is 0 Å². The Balaban J connectivity index is 1.24. The first-order valence-electron chi connectivity index (χ1n) is 10.3. The topological polar surface area (TPSA) is 99.8 Å². The highest BCUT2D eigenvalue weighted by atomic mass is 19.1. The summed E-state index contributed by atoms with van der Waals surface area (Å²) in [5, 5.41) is 15.4. The lowest BCUT2D eigenvalue weighted by Crippen LogP contribution is -2.15. The Morgan fingerprint density at radius 1 is 1.00 bits per heavy atom. The number of aryl methyl sites for hydroxylation is 1. The number of nitrogens with zero attached hydrogens (tertiary/aromatic N) is 6. The Kier molecular flexibility index (Phi) is 5.53. The van der Waals surface area contributed by atoms with Gasteiger partial charge in [-0.1, -0.05) is 0 Å². The summed E-state index contributed by atoms with van der Waals surface area (Å²) in [5.41, 5.74) is 2.26. The van der Waals surface area contributed by atoms with Crippen molar-refractivity contribution >= 4 is 11.6 Å². The number of hydrogen-bond acceptors (Lipinski definition) is 6. The third-order valence-corrected chi connectivity index (χ3v) is 4.98. The molecule has 0 saturated carbocycles. The van der Waals surface area contributed by atoms with Gasteiger partial charge in [-0.3, -0.25) is 14.0 Å². The molecule has 0 unspecified atom stereocenters. The smallest absolute Gasteiger partial charge is 0.273 e. The summed E-state index contributed by atoms with van der Waals surface area (Å²) in [7, 11) is 1.68. The molecule has 1 N–H and O–H groups in total. The number of halogens is 1. The van der Waals surface area contributed by atoms with Crippen molar-refractivity contribution in [2.75, 3.05) is 5.32 Å². The van der Waals surface area contributed by atoms with Gasteiger partial charge in [-0.25, -0.2) is 9.37 Å². The van der Waals surface area contributed by atoms with E-state index in [4.69, 9.17) is 4.74 Å². The number of aromatic nitrogens is 6. The highest BCUT2D eigenvalue weighted by Gasteiger charge is 2.15. The van der Waals surface area contributed by atoms with Gasteiger partial charge in [-0.2, -0.15) is 5.10 Å². The van der Waals surface area contributed by atoms with Crippen LogP contribution in [-0.4, -0.2) is 35.4 Å². The van der Waals surface area contributed by atoms with Crippen molar-refractivity contribution in [2.45, 2.75) is 0 Å². The lowest BCUT2D eigenvalue weighted by atomic mass is 10.1. The first kappa shape index (κ1) is 21.0. The molecule has 0 aliphatic carbocycles. The molecule has 3 aromatic heterocycles. The maximum atomic E-state index is 13.2. The zero-order valence-electron chi connectivity index (χ0n) is 18.0. The number of amides is 1. The molecule has 0 bridgehead atoms. The molecule has 0 aliphatic heterocycles. The predicted molar refractivity (Wildman–Crippen MR) is 122 cm³/mol. The van der Waals surface area contributed by atoms with Gasteiger partial charge in [0, 0.05) is 36.8 Å². The van der Waals surface area contributed by atoms with Crippen molar-refractivity contribution in [3.05, 3.63) is 97.0 Å². The molecule has 168 valence electrons. The molecule has 0 aliphatic rings. The van der Waals surface area contributed by atoms with Crippen molar-refractivity contribution in [3.8, 4) is 28.7 Å². The fourth-order valence-corrected chi connectivity index (χ4v) is 3.26. The first-order chi connectivity index (χ1) is 16.5. The molecule has 0 fully saturated rings. The van der Waals surface area contributed by atoms with Crippen LogP contribution in [0.15, 0.2) is 85.5 Å². The maximum absolute atomic E-state index is 13.2. The van der Waals surface area contributed by atoms with Crippen LogP contribution in [0, 0.1) is 5.82 Å². The normalized spacial score (nSPS) is 10.8. The van der Waals surface area contributed by atoms with Crippen LogP contribution in [0.3, 0.4) is 0 Å². The monoisotopic (exact) mass is 455 g/mol. The molecule has 0 radical (unpaired) electrons. The van der Waals surface area contributed by atoms with Gasteiger partial charge in [-0.05, 0) is 60.7 Å². The zero-order chi connectivity index (χ0) is 23.5. The second-order valence-corrected chi connectivity index (χ2v) is 7.33. The van der Waals surface area contributed by atoms with Crippen LogP contribution in [-0.2, 0) is 7.05 Å². The van der Waals surface area contributed by atoms with Gasteiger partial charge in [-0.15, -0.1) is 10.2 Å². The molecule has 2 aromatic carbocycles. The number of rotatable bonds is 6. The number of anilines is 1. The fourth-order valence-electron chi connectivity index (χ4n) is 3.26. The third kappa shape index (κ3) is 4.51. The first-order valence-corrected chi connectivity index (χ1v) is 10.3. The van der Waals surface area contributed by atoms with E-state index in [1.807, 2.05) is 0 Å². The van der Waals surface area contributed by atoms with Crippen molar-refractivity contribution in [1.29, 1.82) is 0 Å². The summed E-state index contributed by atoms with van der Waals surface area (Å²) < 4.78 is 22.1. The van der Waals surface area contributed by atoms with Gasteiger partial charge in [0.1, 0.15) is 23.6 Å². The van der Waals surface area contributed by atoms with Gasteiger partial charge in [0.25, 0.3) is 5.91 Å². The number of imidazole rings is 1. The average Bonchev–Trinajstić information content (AvgIpc) is 3.52. The summed E-state index contributed by atoms with van der Waals surface area (Å²) in [6, 6.07) is 18.0. The number of ether oxygens (including phenoxy) is 1. The zero-order valence-corrected chi connectivity index (χ0v) is 18.0. The Labute approximate surface area is 193 Å². The number of hydrogen-bond donors (Lipinski definition) is 1. The van der Waals surface area contributed by atoms with Gasteiger partial charge < -0.3 is 10.1 Å². The van der Waals surface area contributed by atoms with Crippen LogP contribution in [0.1, 0.15) is 10.5 Å². The largest absolute Gasteiger partial charge is 0.438 e. The van der Waals surface area contributed by atoms with Gasteiger partial charge in [0.05, 0.1) is 5.69 Å². The maximum Gasteiger partial charge on any atom is 0.273 e. The lowest BCUT2D eigenvalue weighted by Gasteiger charge is -2.08. The Morgan fingerprint density at radius 2 is 1.79 bits per heavy atom. The summed E-state index contributed by atoms with van der Waals surface area (Å²) >= 11 is 0. The molecule has 0 atom stereocenters. The minimum atomic E-state index is -0.330. The predicted octanol–water partition coefficient (Wildman–Crippen LogP) is 4.25. The SMILES string of the molecule is Cn1nc(-c2ccc(F)cc2)cc1C(=O)Nc1ccc(Oc2ccc(-n3ccnc3)nn2)cc1. The van der Waals surface area contributed by atoms with E-state index in [2.05, 4.69) is 25.6 Å². The minimum absolute atomic E-state index is 0.321. The molecule has 0 saturated heterocycles. The van der Waals surface area contributed by atoms with Gasteiger partial charge in [0.2, 0.25) is 5.88 Å². The molecule has 0 spiro atoms. The highest BCUT2D eigenvalue weighted by molar-refractivity contribution is 6.03. The summed E-state index contributed by atoms with van der Waals surface area (Å²) in [6.07, 6.45) is 5.06. The lowest BCUT2D eigenvalue weighted by molar-refractivity contribution is 0.101. The van der Waals surface area contributed by atoms with E-state index in [1.165, 1.54) is 16.8 Å². The number of nitrogens with one attached hydrogen (secondary N) is 1. The van der Waals surface area contributed by atoms with Crippen LogP contribution in [0.2, 0.25) is 0 Å². The molecule has 34 heavy (non-hydrogen) atoms. The Morgan fingerprint density at radius 3 is 2.47 bits per heavy atom. The van der Waals surface area contributed by atoms with Crippen LogP contribution < -0.4 is 10.1 Å². The number of benzene rings is 2. The molecular weight excluding hydrogens is 437 g/mol. The second kappa shape index (κ2) is 8.94. The summed E-state index contributed by atoms with van der Waals surface area (Å²) in [4.78, 5) is 16.7. The van der Waals surface area contributed by atoms with Crippen molar-refractivity contribution < 1.29 is 13.9 Å². The number of carbonyl (C=O) groups excluding carboxylic acids is 1. The van der Waals surface area contributed by atoms with Gasteiger partial charge in [0.15, 0.2) is 5.82 Å². The van der Waals surface area contributed by atoms with Crippen LogP contribution >= 0.6 is 0 Å². The summed E-state index contributed by atoms with van der Waals surface area (Å²) in [5.74, 6) is 0.855. The van der Waals surface area contributed by atoms with Crippen molar-refractivity contribution in [1.82, 2.24) is 29.5 Å². The molecule has 5 aromatic rings. The molecular formula is C24H18FN7O2. The standard InChI is InChI=1S/C24H18FN7O2/c1-31-21(14-20(30-31)16-2-4-17(25)5-3-16)24(33)27-18-6-8-19(9-7-18)34-23-11-10-22(28-29-23)32-13-12-26-15-32/h2-15H,1H3,(H,27,33). The fraction of sp³-hybridized carbons (Fsp3) is 0.0417. The Hall–Kier alpha value is -4.86.